The minimum atomic E-state index is -1.29. The summed E-state index contributed by atoms with van der Waals surface area (Å²) in [5.74, 6) is -1.85. The van der Waals surface area contributed by atoms with Crippen LogP contribution in [0.3, 0.4) is 0 Å². The molecule has 0 fully saturated rings. The summed E-state index contributed by atoms with van der Waals surface area (Å²) in [7, 11) is 0. The molecule has 0 aliphatic rings. The van der Waals surface area contributed by atoms with E-state index in [1.54, 1.807) is 13.8 Å². The minimum Gasteiger partial charge on any atom is -0.493 e. The maximum atomic E-state index is 13.7. The van der Waals surface area contributed by atoms with Gasteiger partial charge in [0.2, 0.25) is 0 Å². The number of hydrogen-bond acceptors (Lipinski definition) is 3. The smallest absolute Gasteiger partial charge is 0.342 e. The molecule has 0 heterocycles. The van der Waals surface area contributed by atoms with E-state index in [2.05, 4.69) is 32.6 Å². The molecule has 0 rings (SSSR count). The van der Waals surface area contributed by atoms with Crippen LogP contribution in [-0.2, 0) is 9.53 Å². The van der Waals surface area contributed by atoms with E-state index in [9.17, 15) is 9.18 Å². The first-order chi connectivity index (χ1) is 10.3. The summed E-state index contributed by atoms with van der Waals surface area (Å²) < 4.78 is 19.2. The average molecular weight is 315 g/mol. The van der Waals surface area contributed by atoms with Crippen LogP contribution >= 0.6 is 0 Å². The van der Waals surface area contributed by atoms with Gasteiger partial charge in [0.05, 0.1) is 6.61 Å². The highest BCUT2D eigenvalue weighted by Crippen LogP contribution is 2.20. The predicted molar refractivity (Wildman–Crippen MR) is 87.4 cm³/mol. The molecule has 0 aliphatic carbocycles. The molecule has 4 nitrogen and oxygen atoms in total. The van der Waals surface area contributed by atoms with Crippen LogP contribution in [0.4, 0.5) is 4.39 Å². The Morgan fingerprint density at radius 2 is 1.82 bits per heavy atom. The van der Waals surface area contributed by atoms with Gasteiger partial charge in [-0.15, -0.1) is 0 Å². The van der Waals surface area contributed by atoms with E-state index in [1.807, 2.05) is 0 Å². The van der Waals surface area contributed by atoms with Gasteiger partial charge in [-0.25, -0.2) is 9.18 Å². The van der Waals surface area contributed by atoms with Crippen LogP contribution in [-0.4, -0.2) is 41.2 Å². The molecule has 0 unspecified atom stereocenters. The fourth-order valence-electron chi connectivity index (χ4n) is 2.37. The van der Waals surface area contributed by atoms with Gasteiger partial charge in [-0.1, -0.05) is 6.92 Å². The molecule has 22 heavy (non-hydrogen) atoms. The number of nitrogens with zero attached hydrogens (tertiary/aromatic N) is 1. The van der Waals surface area contributed by atoms with Crippen molar-refractivity contribution in [1.29, 1.82) is 0 Å². The number of allylic oxidation sites excluding steroid dienone is 2. The molecule has 0 aromatic heterocycles. The second-order valence-corrected chi connectivity index (χ2v) is 5.72. The number of hydrogen-bond donors (Lipinski definition) is 1. The first kappa shape index (κ1) is 20.6. The van der Waals surface area contributed by atoms with Crippen molar-refractivity contribution < 1.29 is 19.0 Å². The Labute approximate surface area is 133 Å². The van der Waals surface area contributed by atoms with E-state index in [4.69, 9.17) is 9.84 Å². The summed E-state index contributed by atoms with van der Waals surface area (Å²) in [4.78, 5) is 13.5. The maximum Gasteiger partial charge on any atom is 0.342 e. The fourth-order valence-corrected chi connectivity index (χ4v) is 2.37. The van der Waals surface area contributed by atoms with Gasteiger partial charge < -0.3 is 9.84 Å². The van der Waals surface area contributed by atoms with Gasteiger partial charge in [0.25, 0.3) is 0 Å². The van der Waals surface area contributed by atoms with Crippen molar-refractivity contribution in [2.45, 2.75) is 66.5 Å². The average Bonchev–Trinajstić information content (AvgIpc) is 2.43. The summed E-state index contributed by atoms with van der Waals surface area (Å²) in [6.07, 6.45) is 2.30. The summed E-state index contributed by atoms with van der Waals surface area (Å²) in [5, 5.41) is 9.14. The molecule has 0 bridgehead atoms. The normalized spacial score (nSPS) is 13.8. The summed E-state index contributed by atoms with van der Waals surface area (Å²) in [6.45, 7) is 13.0. The Bertz CT molecular complexity index is 406. The SMILES string of the molecule is C/C=C(OCCCN(C(C)C)C(C)C)\C(C(=O)O)=C(\F)CC. The van der Waals surface area contributed by atoms with Gasteiger partial charge in [-0.05, 0) is 53.5 Å². The monoisotopic (exact) mass is 315 g/mol. The van der Waals surface area contributed by atoms with Gasteiger partial charge >= 0.3 is 5.97 Å². The summed E-state index contributed by atoms with van der Waals surface area (Å²) in [5.41, 5.74) is -0.366. The van der Waals surface area contributed by atoms with E-state index in [0.29, 0.717) is 18.7 Å². The molecule has 0 saturated carbocycles. The lowest BCUT2D eigenvalue weighted by atomic mass is 10.1. The van der Waals surface area contributed by atoms with Gasteiger partial charge in [-0.3, -0.25) is 4.90 Å². The number of carbonyl (C=O) groups is 1. The number of rotatable bonds is 10. The maximum absolute atomic E-state index is 13.7. The molecule has 0 aliphatic heterocycles. The summed E-state index contributed by atoms with van der Waals surface area (Å²) in [6, 6.07) is 0.876. The zero-order valence-corrected chi connectivity index (χ0v) is 14.6. The predicted octanol–water partition coefficient (Wildman–Crippen LogP) is 4.13. The Kier molecular flexibility index (Phi) is 9.74. The zero-order chi connectivity index (χ0) is 17.3. The molecule has 0 aromatic carbocycles. The number of ether oxygens (including phenoxy) is 1. The molecule has 0 spiro atoms. The van der Waals surface area contributed by atoms with E-state index in [-0.39, 0.29) is 17.8 Å². The molecule has 1 N–H and O–H groups in total. The molecule has 0 radical (unpaired) electrons. The molecular formula is C17H30FNO3. The molecule has 0 saturated heterocycles. The largest absolute Gasteiger partial charge is 0.493 e. The molecular weight excluding hydrogens is 285 g/mol. The van der Waals surface area contributed by atoms with Gasteiger partial charge in [0.1, 0.15) is 17.2 Å². The highest BCUT2D eigenvalue weighted by Gasteiger charge is 2.20. The van der Waals surface area contributed by atoms with Gasteiger partial charge in [0, 0.05) is 18.6 Å². The highest BCUT2D eigenvalue weighted by molar-refractivity contribution is 5.91. The second kappa shape index (κ2) is 10.4. The molecule has 128 valence electrons. The van der Waals surface area contributed by atoms with Crippen LogP contribution in [0.5, 0.6) is 0 Å². The van der Waals surface area contributed by atoms with Crippen LogP contribution in [0.2, 0.25) is 0 Å². The lowest BCUT2D eigenvalue weighted by molar-refractivity contribution is -0.132. The summed E-state index contributed by atoms with van der Waals surface area (Å²) >= 11 is 0. The Balaban J connectivity index is 4.65. The van der Waals surface area contributed by atoms with Crippen molar-refractivity contribution in [1.82, 2.24) is 4.90 Å². The first-order valence-electron chi connectivity index (χ1n) is 7.93. The Morgan fingerprint density at radius 3 is 2.18 bits per heavy atom. The molecule has 0 aromatic rings. The van der Waals surface area contributed by atoms with E-state index < -0.39 is 11.8 Å². The lowest BCUT2D eigenvalue weighted by Gasteiger charge is -2.30. The van der Waals surface area contributed by atoms with Crippen molar-refractivity contribution in [2.75, 3.05) is 13.2 Å². The van der Waals surface area contributed by atoms with Crippen LogP contribution < -0.4 is 0 Å². The van der Waals surface area contributed by atoms with E-state index in [0.717, 1.165) is 13.0 Å². The standard InChI is InChI=1S/C17H30FNO3/c1-7-14(18)16(17(20)21)15(8-2)22-11-9-10-19(12(3)4)13(5)6/h8,12-13H,7,9-11H2,1-6H3,(H,20,21)/b15-8+,16-14-. The quantitative estimate of drug-likeness (QED) is 0.285. The van der Waals surface area contributed by atoms with Crippen LogP contribution in [0.25, 0.3) is 0 Å². The van der Waals surface area contributed by atoms with Gasteiger partial charge in [0.15, 0.2) is 0 Å². The van der Waals surface area contributed by atoms with Crippen molar-refractivity contribution in [3.05, 3.63) is 23.2 Å². The topological polar surface area (TPSA) is 49.8 Å². The fraction of sp³-hybridized carbons (Fsp3) is 0.706. The molecule has 0 atom stereocenters. The van der Waals surface area contributed by atoms with Crippen molar-refractivity contribution >= 4 is 5.97 Å². The van der Waals surface area contributed by atoms with Crippen LogP contribution in [0.15, 0.2) is 23.2 Å². The number of carboxylic acid groups (broad SMARTS) is 1. The van der Waals surface area contributed by atoms with E-state index in [1.165, 1.54) is 6.08 Å². The highest BCUT2D eigenvalue weighted by atomic mass is 19.1. The number of halogens is 1. The minimum absolute atomic E-state index is 0.0385. The number of aliphatic carboxylic acids is 1. The van der Waals surface area contributed by atoms with Crippen molar-refractivity contribution in [3.8, 4) is 0 Å². The number of carboxylic acids is 1. The Hall–Kier alpha value is -1.36. The van der Waals surface area contributed by atoms with Crippen LogP contribution in [0, 0.1) is 0 Å². The van der Waals surface area contributed by atoms with E-state index >= 15 is 0 Å². The zero-order valence-electron chi connectivity index (χ0n) is 14.6. The third-order valence-corrected chi connectivity index (χ3v) is 3.45. The molecule has 5 heteroatoms. The third-order valence-electron chi connectivity index (χ3n) is 3.45. The van der Waals surface area contributed by atoms with Crippen LogP contribution in [0.1, 0.15) is 54.4 Å². The second-order valence-electron chi connectivity index (χ2n) is 5.72. The first-order valence-corrected chi connectivity index (χ1v) is 7.93. The van der Waals surface area contributed by atoms with Crippen molar-refractivity contribution in [3.63, 3.8) is 0 Å². The molecule has 0 amide bonds. The lowest BCUT2D eigenvalue weighted by Crippen LogP contribution is -2.38. The van der Waals surface area contributed by atoms with Gasteiger partial charge in [-0.2, -0.15) is 0 Å². The Morgan fingerprint density at radius 1 is 1.27 bits per heavy atom. The van der Waals surface area contributed by atoms with Crippen molar-refractivity contribution in [2.24, 2.45) is 0 Å². The third kappa shape index (κ3) is 6.60.